The number of benzene rings is 1. The van der Waals surface area contributed by atoms with Gasteiger partial charge in [0.2, 0.25) is 0 Å². The zero-order valence-electron chi connectivity index (χ0n) is 11.9. The van der Waals surface area contributed by atoms with Crippen LogP contribution in [0.1, 0.15) is 37.8 Å². The highest BCUT2D eigenvalue weighted by Gasteiger charge is 2.31. The van der Waals surface area contributed by atoms with Crippen molar-refractivity contribution in [3.05, 3.63) is 35.4 Å². The number of methoxy groups -OCH3 is 1. The highest BCUT2D eigenvalue weighted by atomic mass is 16.5. The number of carbonyl (C=O) groups is 1. The van der Waals surface area contributed by atoms with Crippen LogP contribution >= 0.6 is 0 Å². The summed E-state index contributed by atoms with van der Waals surface area (Å²) in [6.45, 7) is 4.83. The van der Waals surface area contributed by atoms with Crippen LogP contribution in [-0.2, 0) is 22.7 Å². The Hall–Kier alpha value is -1.39. The summed E-state index contributed by atoms with van der Waals surface area (Å²) in [6, 6.07) is 7.98. The molecule has 106 valence electrons. The molecule has 1 rings (SSSR count). The lowest BCUT2D eigenvalue weighted by Gasteiger charge is -2.26. The van der Waals surface area contributed by atoms with Crippen LogP contribution in [0.3, 0.4) is 0 Å². The molecule has 0 radical (unpaired) electrons. The lowest BCUT2D eigenvalue weighted by molar-refractivity contribution is -0.144. The molecule has 4 nitrogen and oxygen atoms in total. The first kappa shape index (κ1) is 15.7. The average molecular weight is 265 g/mol. The fourth-order valence-corrected chi connectivity index (χ4v) is 2.06. The van der Waals surface area contributed by atoms with Gasteiger partial charge in [0.25, 0.3) is 0 Å². The lowest BCUT2D eigenvalue weighted by atomic mass is 9.96. The number of aliphatic carboxylic acids is 1. The first-order chi connectivity index (χ1) is 9.01. The summed E-state index contributed by atoms with van der Waals surface area (Å²) >= 11 is 0. The molecule has 4 heteroatoms. The summed E-state index contributed by atoms with van der Waals surface area (Å²) in [7, 11) is 1.66. The molecule has 19 heavy (non-hydrogen) atoms. The minimum absolute atomic E-state index is 0.542. The number of carboxylic acids is 1. The van der Waals surface area contributed by atoms with E-state index >= 15 is 0 Å². The molecule has 0 bridgehead atoms. The van der Waals surface area contributed by atoms with Gasteiger partial charge in [-0.1, -0.05) is 37.6 Å². The van der Waals surface area contributed by atoms with Crippen molar-refractivity contribution in [3.8, 4) is 0 Å². The molecule has 0 spiro atoms. The van der Waals surface area contributed by atoms with E-state index < -0.39 is 11.5 Å². The van der Waals surface area contributed by atoms with Gasteiger partial charge in [-0.25, -0.2) is 0 Å². The van der Waals surface area contributed by atoms with Crippen molar-refractivity contribution in [2.45, 2.75) is 45.4 Å². The maximum atomic E-state index is 11.3. The van der Waals surface area contributed by atoms with Gasteiger partial charge >= 0.3 is 5.97 Å². The Morgan fingerprint density at radius 3 is 2.68 bits per heavy atom. The number of nitrogens with one attached hydrogen (secondary N) is 1. The predicted molar refractivity (Wildman–Crippen MR) is 74.9 cm³/mol. The van der Waals surface area contributed by atoms with Crippen molar-refractivity contribution in [3.63, 3.8) is 0 Å². The normalized spacial score (nSPS) is 14.1. The van der Waals surface area contributed by atoms with E-state index in [2.05, 4.69) is 5.32 Å². The summed E-state index contributed by atoms with van der Waals surface area (Å²) < 4.78 is 5.09. The zero-order chi connectivity index (χ0) is 14.3. The van der Waals surface area contributed by atoms with Crippen LogP contribution in [0.2, 0.25) is 0 Å². The molecule has 0 heterocycles. The maximum absolute atomic E-state index is 11.3. The smallest absolute Gasteiger partial charge is 0.323 e. The molecule has 0 amide bonds. The first-order valence-electron chi connectivity index (χ1n) is 6.57. The SMILES string of the molecule is CCCC(C)(NCc1cccc(COC)c1)C(=O)O. The molecule has 0 fully saturated rings. The van der Waals surface area contributed by atoms with Crippen molar-refractivity contribution in [2.75, 3.05) is 7.11 Å². The third-order valence-electron chi connectivity index (χ3n) is 3.21. The minimum Gasteiger partial charge on any atom is -0.480 e. The molecule has 1 atom stereocenters. The average Bonchev–Trinajstić information content (AvgIpc) is 2.37. The Bertz CT molecular complexity index is 420. The van der Waals surface area contributed by atoms with Crippen molar-refractivity contribution in [2.24, 2.45) is 0 Å². The number of ether oxygens (including phenoxy) is 1. The fourth-order valence-electron chi connectivity index (χ4n) is 2.06. The molecule has 2 N–H and O–H groups in total. The Labute approximate surface area is 114 Å². The third-order valence-corrected chi connectivity index (χ3v) is 3.21. The quantitative estimate of drug-likeness (QED) is 0.758. The molecule has 0 saturated carbocycles. The second-order valence-corrected chi connectivity index (χ2v) is 4.99. The third kappa shape index (κ3) is 4.65. The van der Waals surface area contributed by atoms with Crippen LogP contribution in [0.4, 0.5) is 0 Å². The van der Waals surface area contributed by atoms with E-state index in [1.807, 2.05) is 31.2 Å². The first-order valence-corrected chi connectivity index (χ1v) is 6.57. The zero-order valence-corrected chi connectivity index (χ0v) is 11.9. The van der Waals surface area contributed by atoms with Gasteiger partial charge in [-0.2, -0.15) is 0 Å². The van der Waals surface area contributed by atoms with Crippen LogP contribution in [0, 0.1) is 0 Å². The Balaban J connectivity index is 2.69. The van der Waals surface area contributed by atoms with E-state index in [0.29, 0.717) is 19.6 Å². The van der Waals surface area contributed by atoms with Gasteiger partial charge < -0.3 is 9.84 Å². The van der Waals surface area contributed by atoms with E-state index in [9.17, 15) is 9.90 Å². The molecule has 0 saturated heterocycles. The topological polar surface area (TPSA) is 58.6 Å². The number of rotatable bonds is 8. The standard InChI is InChI=1S/C15H23NO3/c1-4-8-15(2,14(17)18)16-10-12-6-5-7-13(9-12)11-19-3/h5-7,9,16H,4,8,10-11H2,1-3H3,(H,17,18). The summed E-state index contributed by atoms with van der Waals surface area (Å²) in [6.07, 6.45) is 1.44. The summed E-state index contributed by atoms with van der Waals surface area (Å²) in [4.78, 5) is 11.3. The molecule has 0 aliphatic heterocycles. The van der Waals surface area contributed by atoms with Gasteiger partial charge in [-0.3, -0.25) is 10.1 Å². The molecular weight excluding hydrogens is 242 g/mol. The molecule has 1 aromatic rings. The van der Waals surface area contributed by atoms with Gasteiger partial charge in [0.15, 0.2) is 0 Å². The van der Waals surface area contributed by atoms with E-state index in [0.717, 1.165) is 17.5 Å². The van der Waals surface area contributed by atoms with Gasteiger partial charge in [0.1, 0.15) is 5.54 Å². The number of hydrogen-bond acceptors (Lipinski definition) is 3. The van der Waals surface area contributed by atoms with Crippen molar-refractivity contribution in [1.29, 1.82) is 0 Å². The molecule has 0 aromatic heterocycles. The highest BCUT2D eigenvalue weighted by Crippen LogP contribution is 2.14. The highest BCUT2D eigenvalue weighted by molar-refractivity contribution is 5.78. The monoisotopic (exact) mass is 265 g/mol. The van der Waals surface area contributed by atoms with Gasteiger partial charge in [-0.05, 0) is 24.5 Å². The minimum atomic E-state index is -0.869. The van der Waals surface area contributed by atoms with Crippen molar-refractivity contribution in [1.82, 2.24) is 5.32 Å². The summed E-state index contributed by atoms with van der Waals surface area (Å²) in [5, 5.41) is 12.4. The Kier molecular flexibility index (Phi) is 5.99. The van der Waals surface area contributed by atoms with Crippen molar-refractivity contribution >= 4 is 5.97 Å². The van der Waals surface area contributed by atoms with Crippen LogP contribution in [-0.4, -0.2) is 23.7 Å². The predicted octanol–water partition coefficient (Wildman–Crippen LogP) is 2.57. The maximum Gasteiger partial charge on any atom is 0.323 e. The van der Waals surface area contributed by atoms with E-state index in [1.165, 1.54) is 0 Å². The van der Waals surface area contributed by atoms with Crippen LogP contribution in [0.25, 0.3) is 0 Å². The van der Waals surface area contributed by atoms with Gasteiger partial charge in [0.05, 0.1) is 6.61 Å². The molecule has 0 aliphatic carbocycles. The van der Waals surface area contributed by atoms with E-state index in [1.54, 1.807) is 14.0 Å². The summed E-state index contributed by atoms with van der Waals surface area (Å²) in [5.41, 5.74) is 1.29. The van der Waals surface area contributed by atoms with Gasteiger partial charge in [-0.15, -0.1) is 0 Å². The fraction of sp³-hybridized carbons (Fsp3) is 0.533. The Morgan fingerprint density at radius 2 is 2.11 bits per heavy atom. The molecule has 1 aromatic carbocycles. The lowest BCUT2D eigenvalue weighted by Crippen LogP contribution is -2.48. The van der Waals surface area contributed by atoms with Crippen LogP contribution in [0.15, 0.2) is 24.3 Å². The van der Waals surface area contributed by atoms with Crippen LogP contribution in [0.5, 0.6) is 0 Å². The number of carboxylic acid groups (broad SMARTS) is 1. The second kappa shape index (κ2) is 7.26. The van der Waals surface area contributed by atoms with Crippen LogP contribution < -0.4 is 5.32 Å². The second-order valence-electron chi connectivity index (χ2n) is 4.99. The van der Waals surface area contributed by atoms with Gasteiger partial charge in [0, 0.05) is 13.7 Å². The summed E-state index contributed by atoms with van der Waals surface area (Å²) in [5.74, 6) is -0.803. The molecule has 0 aliphatic rings. The van der Waals surface area contributed by atoms with E-state index in [-0.39, 0.29) is 0 Å². The molecular formula is C15H23NO3. The molecule has 1 unspecified atom stereocenters. The Morgan fingerprint density at radius 1 is 1.42 bits per heavy atom. The largest absolute Gasteiger partial charge is 0.480 e. The van der Waals surface area contributed by atoms with E-state index in [4.69, 9.17) is 4.74 Å². The van der Waals surface area contributed by atoms with Crippen molar-refractivity contribution < 1.29 is 14.6 Å². The number of hydrogen-bond donors (Lipinski definition) is 2.